The molecule has 140 valence electrons. The fraction of sp³-hybridized carbons (Fsp3) is 0.118. The van der Waals surface area contributed by atoms with Gasteiger partial charge in [0.05, 0.1) is 5.69 Å². The fourth-order valence-electron chi connectivity index (χ4n) is 2.56. The van der Waals surface area contributed by atoms with E-state index in [1.807, 2.05) is 0 Å². The number of hydrogen-bond acceptors (Lipinski definition) is 3. The van der Waals surface area contributed by atoms with Gasteiger partial charge in [-0.25, -0.2) is 9.78 Å². The van der Waals surface area contributed by atoms with Crippen molar-refractivity contribution in [1.29, 1.82) is 0 Å². The largest absolute Gasteiger partial charge is 0.478 e. The molecule has 0 radical (unpaired) electrons. The number of pyridine rings is 1. The van der Waals surface area contributed by atoms with Gasteiger partial charge in [0.1, 0.15) is 5.69 Å². The van der Waals surface area contributed by atoms with E-state index in [9.17, 15) is 18.0 Å². The van der Waals surface area contributed by atoms with Gasteiger partial charge in [-0.15, -0.1) is 0 Å². The number of nitrogens with zero attached hydrogens (tertiary/aromatic N) is 2. The lowest BCUT2D eigenvalue weighted by atomic mass is 10.0. The summed E-state index contributed by atoms with van der Waals surface area (Å²) in [6.07, 6.45) is -2.56. The summed E-state index contributed by atoms with van der Waals surface area (Å²) in [7, 11) is 0. The molecule has 0 spiro atoms. The number of aliphatic carboxylic acids is 1. The second kappa shape index (κ2) is 7.21. The molecular formula is C17H10Cl2F3N3O2. The first-order chi connectivity index (χ1) is 12.6. The first kappa shape index (κ1) is 19.2. The normalized spacial score (nSPS) is 12.2. The lowest BCUT2D eigenvalue weighted by Crippen LogP contribution is -2.09. The Hall–Kier alpha value is -2.58. The average Bonchev–Trinajstić information content (AvgIpc) is 2.98. The van der Waals surface area contributed by atoms with Gasteiger partial charge in [0.25, 0.3) is 0 Å². The van der Waals surface area contributed by atoms with Crippen LogP contribution in [0.2, 0.25) is 10.0 Å². The van der Waals surface area contributed by atoms with Crippen LogP contribution in [0, 0.1) is 0 Å². The predicted octanol–water partition coefficient (Wildman–Crippen LogP) is 4.97. The minimum atomic E-state index is -4.66. The van der Waals surface area contributed by atoms with E-state index in [2.05, 4.69) is 15.2 Å². The van der Waals surface area contributed by atoms with Crippen molar-refractivity contribution < 1.29 is 23.1 Å². The molecule has 0 aliphatic rings. The smallest absolute Gasteiger partial charge is 0.433 e. The van der Waals surface area contributed by atoms with Crippen LogP contribution in [0.1, 0.15) is 22.5 Å². The molecule has 0 saturated carbocycles. The number of carbonyl (C=O) groups is 1. The standard InChI is InChI=1S/C17H10Cl2F3N3O2/c18-10-2-1-8(11(19)7-10)5-9-6-13(17(20,21)22)23-16-15(9)12(24-25-16)3-4-14(26)27/h1-4,6-7H,5H2,(H,26,27)(H,23,24,25). The SMILES string of the molecule is O=C(O)C=Cc1[nH]nc2nc(C(F)(F)F)cc(Cc3ccc(Cl)cc3Cl)c12. The quantitative estimate of drug-likeness (QED) is 0.589. The molecule has 3 rings (SSSR count). The number of alkyl halides is 3. The lowest BCUT2D eigenvalue weighted by molar-refractivity contribution is -0.141. The zero-order valence-corrected chi connectivity index (χ0v) is 14.8. The highest BCUT2D eigenvalue weighted by molar-refractivity contribution is 6.35. The van der Waals surface area contributed by atoms with Crippen LogP contribution >= 0.6 is 23.2 Å². The molecule has 0 saturated heterocycles. The Kier molecular flexibility index (Phi) is 5.12. The second-order valence-electron chi connectivity index (χ2n) is 5.58. The van der Waals surface area contributed by atoms with Gasteiger partial charge in [-0.3, -0.25) is 5.10 Å². The molecule has 0 fully saturated rings. The number of aromatic nitrogens is 3. The molecule has 2 aromatic heterocycles. The highest BCUT2D eigenvalue weighted by Crippen LogP contribution is 2.33. The first-order valence-corrected chi connectivity index (χ1v) is 8.21. The van der Waals surface area contributed by atoms with Crippen LogP contribution in [0.25, 0.3) is 17.1 Å². The number of H-pyrrole nitrogens is 1. The maximum Gasteiger partial charge on any atom is 0.433 e. The van der Waals surface area contributed by atoms with Crippen LogP contribution in [-0.4, -0.2) is 26.3 Å². The summed E-state index contributed by atoms with van der Waals surface area (Å²) < 4.78 is 39.6. The van der Waals surface area contributed by atoms with E-state index < -0.39 is 17.8 Å². The van der Waals surface area contributed by atoms with Gasteiger partial charge in [0, 0.05) is 21.5 Å². The van der Waals surface area contributed by atoms with E-state index >= 15 is 0 Å². The molecule has 27 heavy (non-hydrogen) atoms. The number of rotatable bonds is 4. The Morgan fingerprint density at radius 1 is 1.22 bits per heavy atom. The molecule has 3 aromatic rings. The molecule has 2 heterocycles. The van der Waals surface area contributed by atoms with E-state index in [1.165, 1.54) is 12.1 Å². The van der Waals surface area contributed by atoms with Gasteiger partial charge in [0.15, 0.2) is 5.65 Å². The van der Waals surface area contributed by atoms with Gasteiger partial charge >= 0.3 is 12.1 Å². The predicted molar refractivity (Wildman–Crippen MR) is 94.8 cm³/mol. The van der Waals surface area contributed by atoms with Crippen LogP contribution < -0.4 is 0 Å². The van der Waals surface area contributed by atoms with Crippen LogP contribution in [0.4, 0.5) is 13.2 Å². The minimum absolute atomic E-state index is 0.0472. The Morgan fingerprint density at radius 3 is 2.59 bits per heavy atom. The van der Waals surface area contributed by atoms with E-state index in [-0.39, 0.29) is 28.7 Å². The number of carboxylic acids is 1. The van der Waals surface area contributed by atoms with Gasteiger partial charge in [-0.05, 0) is 41.8 Å². The first-order valence-electron chi connectivity index (χ1n) is 7.45. The maximum atomic E-state index is 13.2. The Balaban J connectivity index is 2.19. The van der Waals surface area contributed by atoms with Crippen LogP contribution in [0.3, 0.4) is 0 Å². The summed E-state index contributed by atoms with van der Waals surface area (Å²) in [6, 6.07) is 5.58. The molecule has 2 N–H and O–H groups in total. The fourth-order valence-corrected chi connectivity index (χ4v) is 3.03. The number of hydrogen-bond donors (Lipinski definition) is 2. The maximum absolute atomic E-state index is 13.2. The van der Waals surface area contributed by atoms with E-state index in [0.717, 1.165) is 12.1 Å². The van der Waals surface area contributed by atoms with Gasteiger partial charge < -0.3 is 5.11 Å². The van der Waals surface area contributed by atoms with Crippen molar-refractivity contribution in [3.8, 4) is 0 Å². The third kappa shape index (κ3) is 4.23. The third-order valence-electron chi connectivity index (χ3n) is 3.71. The zero-order valence-electron chi connectivity index (χ0n) is 13.3. The average molecular weight is 416 g/mol. The van der Waals surface area contributed by atoms with Gasteiger partial charge in [-0.1, -0.05) is 29.3 Å². The van der Waals surface area contributed by atoms with Gasteiger partial charge in [0.2, 0.25) is 0 Å². The van der Waals surface area contributed by atoms with E-state index in [1.54, 1.807) is 12.1 Å². The van der Waals surface area contributed by atoms with E-state index in [4.69, 9.17) is 28.3 Å². The summed E-state index contributed by atoms with van der Waals surface area (Å²) in [6.45, 7) is 0. The topological polar surface area (TPSA) is 78.9 Å². The van der Waals surface area contributed by atoms with Gasteiger partial charge in [-0.2, -0.15) is 18.3 Å². The molecule has 0 aliphatic heterocycles. The number of halogens is 5. The molecule has 0 bridgehead atoms. The van der Waals surface area contributed by atoms with Crippen molar-refractivity contribution in [2.24, 2.45) is 0 Å². The monoisotopic (exact) mass is 415 g/mol. The Morgan fingerprint density at radius 2 is 1.96 bits per heavy atom. The highest BCUT2D eigenvalue weighted by atomic mass is 35.5. The summed E-state index contributed by atoms with van der Waals surface area (Å²) in [5.41, 5.74) is -0.245. The molecule has 0 amide bonds. The Labute approximate surface area is 160 Å². The number of nitrogens with one attached hydrogen (secondary N) is 1. The number of carboxylic acid groups (broad SMARTS) is 1. The number of fused-ring (bicyclic) bond motifs is 1. The van der Waals surface area contributed by atoms with Crippen molar-refractivity contribution in [1.82, 2.24) is 15.2 Å². The van der Waals surface area contributed by atoms with Crippen LogP contribution in [0.5, 0.6) is 0 Å². The van der Waals surface area contributed by atoms with Crippen molar-refractivity contribution in [2.75, 3.05) is 0 Å². The summed E-state index contributed by atoms with van der Waals surface area (Å²) in [5.74, 6) is -1.21. The summed E-state index contributed by atoms with van der Waals surface area (Å²) >= 11 is 12.0. The molecule has 0 atom stereocenters. The van der Waals surface area contributed by atoms with Crippen molar-refractivity contribution >= 4 is 46.3 Å². The molecule has 0 unspecified atom stereocenters. The van der Waals surface area contributed by atoms with Crippen LogP contribution in [-0.2, 0) is 17.4 Å². The summed E-state index contributed by atoms with van der Waals surface area (Å²) in [4.78, 5) is 14.3. The minimum Gasteiger partial charge on any atom is -0.478 e. The van der Waals surface area contributed by atoms with E-state index in [0.29, 0.717) is 15.6 Å². The third-order valence-corrected chi connectivity index (χ3v) is 4.30. The molecule has 5 nitrogen and oxygen atoms in total. The molecule has 1 aromatic carbocycles. The summed E-state index contributed by atoms with van der Waals surface area (Å²) in [5, 5.41) is 16.1. The van der Waals surface area contributed by atoms with Crippen molar-refractivity contribution in [3.05, 3.63) is 62.9 Å². The molecule has 10 heteroatoms. The number of aromatic amines is 1. The van der Waals surface area contributed by atoms with Crippen LogP contribution in [0.15, 0.2) is 30.3 Å². The molecule has 0 aliphatic carbocycles. The molecular weight excluding hydrogens is 406 g/mol. The lowest BCUT2D eigenvalue weighted by Gasteiger charge is -2.11. The van der Waals surface area contributed by atoms with Crippen molar-refractivity contribution in [2.45, 2.75) is 12.6 Å². The highest BCUT2D eigenvalue weighted by Gasteiger charge is 2.34. The Bertz CT molecular complexity index is 1060. The van der Waals surface area contributed by atoms with Crippen molar-refractivity contribution in [3.63, 3.8) is 0 Å². The number of benzene rings is 1. The zero-order chi connectivity index (χ0) is 19.8. The second-order valence-corrected chi connectivity index (χ2v) is 6.43.